The summed E-state index contributed by atoms with van der Waals surface area (Å²) < 4.78 is 2.33. The van der Waals surface area contributed by atoms with Gasteiger partial charge >= 0.3 is 0 Å². The number of nitrogens with zero attached hydrogens (tertiary/aromatic N) is 2. The molecule has 3 aliphatic rings. The Balaban J connectivity index is 0.000000414. The van der Waals surface area contributed by atoms with Crippen LogP contribution in [0.5, 0.6) is 0 Å². The second kappa shape index (κ2) is 16.7. The van der Waals surface area contributed by atoms with Crippen molar-refractivity contribution < 1.29 is 4.79 Å². The van der Waals surface area contributed by atoms with Crippen LogP contribution in [0.1, 0.15) is 116 Å². The minimum atomic E-state index is 0.833. The number of aldehydes is 1. The van der Waals surface area contributed by atoms with Crippen LogP contribution in [-0.4, -0.2) is 34.4 Å². The number of piperidine rings is 1. The summed E-state index contributed by atoms with van der Waals surface area (Å²) in [4.78, 5) is 14.3. The minimum absolute atomic E-state index is 0.833. The summed E-state index contributed by atoms with van der Waals surface area (Å²) in [6.07, 6.45) is 21.3. The normalized spacial score (nSPS) is 21.2. The summed E-state index contributed by atoms with van der Waals surface area (Å²) in [5, 5.41) is 1.11. The van der Waals surface area contributed by atoms with E-state index in [1.165, 1.54) is 68.1 Å². The monoisotopic (exact) mass is 506 g/mol. The second-order valence-electron chi connectivity index (χ2n) is 10.5. The van der Waals surface area contributed by atoms with Crippen molar-refractivity contribution in [2.45, 2.75) is 125 Å². The van der Waals surface area contributed by atoms with Crippen molar-refractivity contribution in [1.29, 1.82) is 0 Å². The smallest absolute Gasteiger partial charge is 0.152 e. The van der Waals surface area contributed by atoms with Gasteiger partial charge in [0.2, 0.25) is 0 Å². The van der Waals surface area contributed by atoms with Crippen molar-refractivity contribution in [2.75, 3.05) is 6.54 Å². The molecule has 1 aromatic carbocycles. The van der Waals surface area contributed by atoms with Crippen LogP contribution in [0.3, 0.4) is 0 Å². The summed E-state index contributed by atoms with van der Waals surface area (Å²) in [5.74, 6) is 0.987. The molecule has 2 bridgehead atoms. The summed E-state index contributed by atoms with van der Waals surface area (Å²) >= 11 is 0. The fraction of sp³-hybridized carbons (Fsp3) is 0.618. The Morgan fingerprint density at radius 2 is 1.76 bits per heavy atom. The Morgan fingerprint density at radius 3 is 2.35 bits per heavy atom. The molecule has 3 heteroatoms. The molecule has 3 heterocycles. The Kier molecular flexibility index (Phi) is 14.0. The lowest BCUT2D eigenvalue weighted by atomic mass is 9.72. The van der Waals surface area contributed by atoms with Gasteiger partial charge in [0.05, 0.1) is 5.52 Å². The number of para-hydroxylation sites is 1. The molecule has 5 rings (SSSR count). The molecule has 206 valence electrons. The molecule has 0 radical (unpaired) electrons. The van der Waals surface area contributed by atoms with Crippen LogP contribution in [0.25, 0.3) is 10.9 Å². The summed E-state index contributed by atoms with van der Waals surface area (Å²) in [7, 11) is 0. The van der Waals surface area contributed by atoms with E-state index in [1.807, 2.05) is 13.8 Å². The van der Waals surface area contributed by atoms with Gasteiger partial charge in [-0.1, -0.05) is 95.9 Å². The Labute approximate surface area is 228 Å². The van der Waals surface area contributed by atoms with Crippen molar-refractivity contribution in [3.8, 4) is 0 Å². The van der Waals surface area contributed by atoms with Gasteiger partial charge in [-0.25, -0.2) is 0 Å². The van der Waals surface area contributed by atoms with E-state index in [1.54, 1.807) is 0 Å². The van der Waals surface area contributed by atoms with Crippen LogP contribution < -0.4 is 0 Å². The van der Waals surface area contributed by atoms with E-state index in [0.717, 1.165) is 54.6 Å². The van der Waals surface area contributed by atoms with Crippen molar-refractivity contribution in [1.82, 2.24) is 9.47 Å². The third-order valence-electron chi connectivity index (χ3n) is 8.07. The summed E-state index contributed by atoms with van der Waals surface area (Å²) in [5.41, 5.74) is 4.79. The Morgan fingerprint density at radius 1 is 1.03 bits per heavy atom. The van der Waals surface area contributed by atoms with Crippen molar-refractivity contribution in [3.63, 3.8) is 0 Å². The van der Waals surface area contributed by atoms with Crippen molar-refractivity contribution >= 4 is 17.2 Å². The fourth-order valence-corrected chi connectivity index (χ4v) is 6.01. The lowest BCUT2D eigenvalue weighted by Gasteiger charge is -2.56. The zero-order valence-electron chi connectivity index (χ0n) is 24.9. The van der Waals surface area contributed by atoms with E-state index in [2.05, 4.69) is 86.7 Å². The Bertz CT molecular complexity index is 987. The average Bonchev–Trinajstić information content (AvgIpc) is 3.32. The molecule has 3 nitrogen and oxygen atoms in total. The number of aromatic nitrogens is 1. The minimum Gasteiger partial charge on any atom is -0.346 e. The lowest BCUT2D eigenvalue weighted by molar-refractivity contribution is -0.0544. The number of allylic oxidation sites excluding steroid dienone is 4. The van der Waals surface area contributed by atoms with E-state index in [9.17, 15) is 4.79 Å². The van der Waals surface area contributed by atoms with E-state index >= 15 is 0 Å². The fourth-order valence-electron chi connectivity index (χ4n) is 6.01. The third-order valence-corrected chi connectivity index (χ3v) is 8.07. The molecular weight excluding hydrogens is 452 g/mol. The number of hydrogen-bond donors (Lipinski definition) is 0. The van der Waals surface area contributed by atoms with Gasteiger partial charge in [0.25, 0.3) is 0 Å². The van der Waals surface area contributed by atoms with Gasteiger partial charge in [0.1, 0.15) is 0 Å². The zero-order valence-corrected chi connectivity index (χ0v) is 24.9. The van der Waals surface area contributed by atoms with Crippen LogP contribution in [0.15, 0.2) is 48.2 Å². The third kappa shape index (κ3) is 8.43. The van der Waals surface area contributed by atoms with Gasteiger partial charge in [0, 0.05) is 42.3 Å². The molecule has 0 spiro atoms. The van der Waals surface area contributed by atoms with Crippen LogP contribution in [0.2, 0.25) is 0 Å². The van der Waals surface area contributed by atoms with Crippen LogP contribution in [0, 0.1) is 5.92 Å². The standard InChI is InChI=1S/C24H34N2O.C8H14.C2H6/c1-3-5-8-18-13-21-15-22(14-18)26(21)12-7-11-25-16-20(17-27)23-10-6-9-19(4-2)24(23)25;1-4-6-7-8(3)5-2;1-2/h6,9-10,16-18,21-22H,3-5,7-8,11-15H2,1-2H3;5-7H,4H2,1-3H3;1-2H3/b;7-6-,8-5-;. The predicted octanol–water partition coefficient (Wildman–Crippen LogP) is 9.39. The van der Waals surface area contributed by atoms with Crippen LogP contribution in [0.4, 0.5) is 0 Å². The number of fused-ring (bicyclic) bond motifs is 3. The molecule has 2 aromatic rings. The highest BCUT2D eigenvalue weighted by atomic mass is 16.1. The van der Waals surface area contributed by atoms with Gasteiger partial charge in [-0.3, -0.25) is 9.69 Å². The van der Waals surface area contributed by atoms with E-state index in [4.69, 9.17) is 0 Å². The highest BCUT2D eigenvalue weighted by Crippen LogP contribution is 2.43. The number of unbranched alkanes of at least 4 members (excludes halogenated alkanes) is 1. The molecule has 0 N–H and O–H groups in total. The average molecular weight is 507 g/mol. The maximum Gasteiger partial charge on any atom is 0.152 e. The largest absolute Gasteiger partial charge is 0.346 e. The number of carbonyl (C=O) groups is 1. The first kappa shape index (κ1) is 31.1. The number of benzene rings is 1. The molecular formula is C34H54N2O. The molecule has 2 unspecified atom stereocenters. The molecule has 2 aliphatic heterocycles. The van der Waals surface area contributed by atoms with Crippen molar-refractivity contribution in [3.05, 3.63) is 59.3 Å². The molecule has 1 saturated carbocycles. The molecule has 0 amide bonds. The molecule has 3 fully saturated rings. The van der Waals surface area contributed by atoms with E-state index in [-0.39, 0.29) is 0 Å². The molecule has 2 atom stereocenters. The first-order chi connectivity index (χ1) is 18.1. The zero-order chi connectivity index (χ0) is 27.2. The van der Waals surface area contributed by atoms with Gasteiger partial charge in [-0.2, -0.15) is 0 Å². The SMILES string of the molecule is C/C=C(C)\C=C/CC.CC.CCCCC1CC2CC(C1)N2CCCn1cc(C=O)c2cccc(CC)c21. The second-order valence-corrected chi connectivity index (χ2v) is 10.5. The molecule has 1 aliphatic carbocycles. The topological polar surface area (TPSA) is 25.2 Å². The summed E-state index contributed by atoms with van der Waals surface area (Å²) in [6.45, 7) is 17.0. The quantitative estimate of drug-likeness (QED) is 0.224. The molecule has 2 saturated heterocycles. The predicted molar refractivity (Wildman–Crippen MR) is 163 cm³/mol. The van der Waals surface area contributed by atoms with Gasteiger partial charge in [0.15, 0.2) is 6.29 Å². The van der Waals surface area contributed by atoms with Gasteiger partial charge < -0.3 is 4.57 Å². The lowest BCUT2D eigenvalue weighted by Crippen LogP contribution is -2.60. The summed E-state index contributed by atoms with van der Waals surface area (Å²) in [6, 6.07) is 8.07. The number of rotatable bonds is 11. The first-order valence-electron chi connectivity index (χ1n) is 15.2. The maximum atomic E-state index is 11.5. The van der Waals surface area contributed by atoms with E-state index < -0.39 is 0 Å². The number of carbonyl (C=O) groups excluding carboxylic acids is 1. The molecule has 1 aromatic heterocycles. The van der Waals surface area contributed by atoms with Gasteiger partial charge in [-0.15, -0.1) is 0 Å². The number of aryl methyl sites for hydroxylation is 2. The number of hydrogen-bond acceptors (Lipinski definition) is 2. The van der Waals surface area contributed by atoms with E-state index in [0.29, 0.717) is 0 Å². The van der Waals surface area contributed by atoms with Crippen LogP contribution in [-0.2, 0) is 13.0 Å². The highest BCUT2D eigenvalue weighted by Gasteiger charge is 2.44. The van der Waals surface area contributed by atoms with Crippen LogP contribution >= 0.6 is 0 Å². The van der Waals surface area contributed by atoms with Crippen molar-refractivity contribution in [2.24, 2.45) is 5.92 Å². The van der Waals surface area contributed by atoms with Gasteiger partial charge in [-0.05, 0) is 63.9 Å². The molecule has 37 heavy (non-hydrogen) atoms. The first-order valence-corrected chi connectivity index (χ1v) is 15.2. The Hall–Kier alpha value is -2.13. The maximum absolute atomic E-state index is 11.5. The highest BCUT2D eigenvalue weighted by molar-refractivity contribution is 5.99.